The maximum Gasteiger partial charge on any atom is 0.254 e. The molecule has 1 aromatic rings. The number of amides is 1. The summed E-state index contributed by atoms with van der Waals surface area (Å²) in [4.78, 5) is 16.8. The van der Waals surface area contributed by atoms with E-state index in [9.17, 15) is 4.79 Å². The van der Waals surface area contributed by atoms with E-state index >= 15 is 0 Å². The molecule has 1 aromatic carbocycles. The van der Waals surface area contributed by atoms with Gasteiger partial charge in [0.15, 0.2) is 0 Å². The van der Waals surface area contributed by atoms with Crippen molar-refractivity contribution in [3.8, 4) is 0 Å². The SMILES string of the molecule is O=C1NC2C=CC=CC2=C2N=c3ccccc3=C12. The lowest BCUT2D eigenvalue weighted by atomic mass is 9.92. The molecule has 0 spiro atoms. The minimum Gasteiger partial charge on any atom is -0.342 e. The number of carbonyl (C=O) groups is 1. The van der Waals surface area contributed by atoms with Crippen LogP contribution in [0.4, 0.5) is 0 Å². The maximum atomic E-state index is 12.2. The Morgan fingerprint density at radius 2 is 2.06 bits per heavy atom. The molecule has 1 N–H and O–H groups in total. The van der Waals surface area contributed by atoms with E-state index in [1.165, 1.54) is 0 Å². The fraction of sp³-hybridized carbons (Fsp3) is 0.0667. The zero-order valence-electron chi connectivity index (χ0n) is 9.55. The fourth-order valence-corrected chi connectivity index (χ4v) is 2.63. The lowest BCUT2D eigenvalue weighted by Gasteiger charge is -2.25. The fourth-order valence-electron chi connectivity index (χ4n) is 2.63. The minimum atomic E-state index is -0.0423. The Hall–Kier alpha value is -2.42. The number of nitrogens with one attached hydrogen (secondary N) is 1. The van der Waals surface area contributed by atoms with Crippen LogP contribution >= 0.6 is 0 Å². The zero-order chi connectivity index (χ0) is 12.1. The first-order chi connectivity index (χ1) is 8.84. The summed E-state index contributed by atoms with van der Waals surface area (Å²) in [5.74, 6) is -0.0348. The van der Waals surface area contributed by atoms with Gasteiger partial charge in [0.05, 0.1) is 22.7 Å². The van der Waals surface area contributed by atoms with Crippen molar-refractivity contribution in [2.45, 2.75) is 6.04 Å². The Bertz CT molecular complexity index is 781. The number of hydrogen-bond donors (Lipinski definition) is 1. The molecule has 3 nitrogen and oxygen atoms in total. The number of benzene rings is 1. The normalized spacial score (nSPS) is 23.2. The third kappa shape index (κ3) is 1.13. The average Bonchev–Trinajstić information content (AvgIpc) is 2.79. The molecule has 2 aliphatic heterocycles. The highest BCUT2D eigenvalue weighted by molar-refractivity contribution is 6.21. The van der Waals surface area contributed by atoms with Gasteiger partial charge >= 0.3 is 0 Å². The molecule has 0 saturated carbocycles. The number of hydrogen-bond acceptors (Lipinski definition) is 2. The zero-order valence-corrected chi connectivity index (χ0v) is 9.55. The Morgan fingerprint density at radius 3 is 3.00 bits per heavy atom. The topological polar surface area (TPSA) is 41.5 Å². The third-order valence-corrected chi connectivity index (χ3v) is 3.46. The van der Waals surface area contributed by atoms with Gasteiger partial charge in [-0.3, -0.25) is 4.79 Å². The molecule has 0 bridgehead atoms. The van der Waals surface area contributed by atoms with Crippen molar-refractivity contribution in [3.63, 3.8) is 0 Å². The summed E-state index contributed by atoms with van der Waals surface area (Å²) in [6.45, 7) is 0. The van der Waals surface area contributed by atoms with Gasteiger partial charge in [0, 0.05) is 10.8 Å². The smallest absolute Gasteiger partial charge is 0.254 e. The molecule has 4 rings (SSSR count). The molecule has 1 aliphatic carbocycles. The molecule has 1 amide bonds. The van der Waals surface area contributed by atoms with E-state index in [0.29, 0.717) is 5.57 Å². The van der Waals surface area contributed by atoms with E-state index in [0.717, 1.165) is 21.8 Å². The largest absolute Gasteiger partial charge is 0.342 e. The van der Waals surface area contributed by atoms with Gasteiger partial charge in [0.25, 0.3) is 5.91 Å². The summed E-state index contributed by atoms with van der Waals surface area (Å²) >= 11 is 0. The lowest BCUT2D eigenvalue weighted by molar-refractivity contribution is -0.116. The molecule has 18 heavy (non-hydrogen) atoms. The van der Waals surface area contributed by atoms with Gasteiger partial charge in [-0.05, 0) is 6.07 Å². The second kappa shape index (κ2) is 3.29. The molecule has 1 unspecified atom stereocenters. The quantitative estimate of drug-likeness (QED) is 0.691. The van der Waals surface area contributed by atoms with E-state index in [1.54, 1.807) is 0 Å². The Labute approximate surface area is 104 Å². The first-order valence-electron chi connectivity index (χ1n) is 5.93. The van der Waals surface area contributed by atoms with Crippen LogP contribution in [0, 0.1) is 0 Å². The Balaban J connectivity index is 2.13. The van der Waals surface area contributed by atoms with Gasteiger partial charge < -0.3 is 5.32 Å². The summed E-state index contributed by atoms with van der Waals surface area (Å²) in [6.07, 6.45) is 7.93. The van der Waals surface area contributed by atoms with Crippen LogP contribution in [0.1, 0.15) is 0 Å². The van der Waals surface area contributed by atoms with Gasteiger partial charge in [-0.2, -0.15) is 0 Å². The van der Waals surface area contributed by atoms with Crippen LogP contribution in [0.5, 0.6) is 0 Å². The van der Waals surface area contributed by atoms with E-state index in [2.05, 4.69) is 10.3 Å². The second-order valence-corrected chi connectivity index (χ2v) is 4.50. The van der Waals surface area contributed by atoms with E-state index in [-0.39, 0.29) is 11.9 Å². The van der Waals surface area contributed by atoms with Crippen LogP contribution in [-0.4, -0.2) is 11.9 Å². The van der Waals surface area contributed by atoms with Gasteiger partial charge in [0.2, 0.25) is 0 Å². The summed E-state index contributed by atoms with van der Waals surface area (Å²) in [5.41, 5.74) is 2.60. The summed E-state index contributed by atoms with van der Waals surface area (Å²) < 4.78 is 0. The number of para-hydroxylation sites is 1. The summed E-state index contributed by atoms with van der Waals surface area (Å²) in [7, 11) is 0. The second-order valence-electron chi connectivity index (χ2n) is 4.50. The van der Waals surface area contributed by atoms with Crippen molar-refractivity contribution in [2.75, 3.05) is 0 Å². The van der Waals surface area contributed by atoms with Crippen molar-refractivity contribution < 1.29 is 4.79 Å². The van der Waals surface area contributed by atoms with E-state index in [1.807, 2.05) is 48.6 Å². The van der Waals surface area contributed by atoms with E-state index < -0.39 is 0 Å². The maximum absolute atomic E-state index is 12.2. The van der Waals surface area contributed by atoms with Crippen molar-refractivity contribution in [1.29, 1.82) is 0 Å². The number of rotatable bonds is 0. The van der Waals surface area contributed by atoms with Crippen LogP contribution < -0.4 is 15.9 Å². The van der Waals surface area contributed by atoms with Crippen molar-refractivity contribution >= 4 is 11.5 Å². The highest BCUT2D eigenvalue weighted by Crippen LogP contribution is 2.28. The van der Waals surface area contributed by atoms with Gasteiger partial charge in [0.1, 0.15) is 0 Å². The molecule has 0 fully saturated rings. The van der Waals surface area contributed by atoms with Crippen LogP contribution in [-0.2, 0) is 4.79 Å². The lowest BCUT2D eigenvalue weighted by Crippen LogP contribution is -2.42. The average molecular weight is 234 g/mol. The first-order valence-corrected chi connectivity index (χ1v) is 5.93. The van der Waals surface area contributed by atoms with Gasteiger partial charge in [-0.1, -0.05) is 42.5 Å². The van der Waals surface area contributed by atoms with Gasteiger partial charge in [-0.25, -0.2) is 4.99 Å². The van der Waals surface area contributed by atoms with E-state index in [4.69, 9.17) is 0 Å². The highest BCUT2D eigenvalue weighted by atomic mass is 16.1. The molecular formula is C15H10N2O. The third-order valence-electron chi connectivity index (χ3n) is 3.46. The van der Waals surface area contributed by atoms with Crippen LogP contribution in [0.25, 0.3) is 5.57 Å². The molecule has 86 valence electrons. The molecule has 3 heteroatoms. The van der Waals surface area contributed by atoms with Gasteiger partial charge in [-0.15, -0.1) is 0 Å². The number of allylic oxidation sites excluding steroid dienone is 2. The number of carbonyl (C=O) groups excluding carboxylic acids is 1. The van der Waals surface area contributed by atoms with Crippen LogP contribution in [0.15, 0.2) is 64.8 Å². The number of nitrogens with zero attached hydrogens (tertiary/aromatic N) is 1. The van der Waals surface area contributed by atoms with Crippen molar-refractivity contribution in [1.82, 2.24) is 5.32 Å². The standard InChI is InChI=1S/C15H10N2O/c18-15-13-9-5-1-3-7-11(9)16-14(13)10-6-2-4-8-12(10)17-15/h1-8,12H,(H,17,18). The molecule has 0 saturated heterocycles. The minimum absolute atomic E-state index is 0.0348. The first kappa shape index (κ1) is 9.59. The monoisotopic (exact) mass is 234 g/mol. The predicted molar refractivity (Wildman–Crippen MR) is 67.9 cm³/mol. The molecule has 3 aliphatic rings. The summed E-state index contributed by atoms with van der Waals surface area (Å²) in [5, 5.41) is 4.81. The van der Waals surface area contributed by atoms with Crippen molar-refractivity contribution in [3.05, 3.63) is 70.4 Å². The molecular weight excluding hydrogens is 224 g/mol. The van der Waals surface area contributed by atoms with Crippen LogP contribution in [0.2, 0.25) is 0 Å². The Kier molecular flexibility index (Phi) is 1.75. The van der Waals surface area contributed by atoms with Crippen LogP contribution in [0.3, 0.4) is 0 Å². The predicted octanol–water partition coefficient (Wildman–Crippen LogP) is 0.349. The highest BCUT2D eigenvalue weighted by Gasteiger charge is 2.31. The molecule has 2 heterocycles. The summed E-state index contributed by atoms with van der Waals surface area (Å²) in [6, 6.07) is 7.73. The molecule has 1 atom stereocenters. The molecule has 0 aromatic heterocycles. The number of fused-ring (bicyclic) bond motifs is 3. The molecule has 0 radical (unpaired) electrons. The Morgan fingerprint density at radius 1 is 1.17 bits per heavy atom. The van der Waals surface area contributed by atoms with Crippen molar-refractivity contribution in [2.24, 2.45) is 4.99 Å².